The van der Waals surface area contributed by atoms with Gasteiger partial charge >= 0.3 is 6.03 Å². The number of benzene rings is 1. The first kappa shape index (κ1) is 15.9. The fraction of sp³-hybridized carbons (Fsp3) is 0.235. The van der Waals surface area contributed by atoms with E-state index in [0.717, 1.165) is 0 Å². The van der Waals surface area contributed by atoms with E-state index in [1.165, 1.54) is 0 Å². The summed E-state index contributed by atoms with van der Waals surface area (Å²) in [5, 5.41) is 14.3. The number of hydrogen-bond acceptors (Lipinski definition) is 5. The monoisotopic (exact) mass is 326 g/mol. The highest BCUT2D eigenvalue weighted by Crippen LogP contribution is 2.25. The van der Waals surface area contributed by atoms with Gasteiger partial charge in [-0.05, 0) is 37.6 Å². The lowest BCUT2D eigenvalue weighted by Crippen LogP contribution is -2.36. The van der Waals surface area contributed by atoms with Gasteiger partial charge in [-0.3, -0.25) is 4.98 Å². The average Bonchev–Trinajstić information content (AvgIpc) is 2.99. The smallest absolute Gasteiger partial charge is 0.319 e. The van der Waals surface area contributed by atoms with Gasteiger partial charge in [-0.1, -0.05) is 6.07 Å². The van der Waals surface area contributed by atoms with E-state index in [4.69, 9.17) is 9.52 Å². The van der Waals surface area contributed by atoms with Crippen molar-refractivity contribution in [3.05, 3.63) is 42.6 Å². The zero-order valence-electron chi connectivity index (χ0n) is 13.2. The summed E-state index contributed by atoms with van der Waals surface area (Å²) in [6, 6.07) is 10.3. The predicted octanol–water partition coefficient (Wildman–Crippen LogP) is 2.78. The van der Waals surface area contributed by atoms with Crippen molar-refractivity contribution in [3.63, 3.8) is 0 Å². The van der Waals surface area contributed by atoms with Crippen LogP contribution in [0.1, 0.15) is 13.3 Å². The van der Waals surface area contributed by atoms with Crippen molar-refractivity contribution < 1.29 is 14.3 Å². The van der Waals surface area contributed by atoms with Crippen LogP contribution < -0.4 is 10.6 Å². The van der Waals surface area contributed by atoms with E-state index in [2.05, 4.69) is 20.6 Å². The lowest BCUT2D eigenvalue weighted by atomic mass is 10.2. The van der Waals surface area contributed by atoms with Crippen LogP contribution >= 0.6 is 0 Å². The van der Waals surface area contributed by atoms with Crippen LogP contribution in [0, 0.1) is 0 Å². The summed E-state index contributed by atoms with van der Waals surface area (Å²) in [6.45, 7) is 1.86. The zero-order valence-corrected chi connectivity index (χ0v) is 13.2. The van der Waals surface area contributed by atoms with Crippen molar-refractivity contribution in [2.24, 2.45) is 0 Å². The van der Waals surface area contributed by atoms with E-state index < -0.39 is 0 Å². The highest BCUT2D eigenvalue weighted by molar-refractivity contribution is 5.91. The molecule has 0 aliphatic rings. The third-order valence-corrected chi connectivity index (χ3v) is 3.47. The molecular weight excluding hydrogens is 308 g/mol. The predicted molar refractivity (Wildman–Crippen MR) is 90.6 cm³/mol. The van der Waals surface area contributed by atoms with Gasteiger partial charge in [0, 0.05) is 30.6 Å². The number of amides is 2. The maximum absolute atomic E-state index is 11.9. The van der Waals surface area contributed by atoms with Crippen molar-refractivity contribution >= 4 is 22.8 Å². The normalized spacial score (nSPS) is 12.1. The number of aliphatic hydroxyl groups is 1. The lowest BCUT2D eigenvalue weighted by Gasteiger charge is -2.13. The number of pyridine rings is 1. The summed E-state index contributed by atoms with van der Waals surface area (Å²) in [6.07, 6.45) is 2.18. The van der Waals surface area contributed by atoms with E-state index >= 15 is 0 Å². The molecule has 2 amide bonds. The topological polar surface area (TPSA) is 100 Å². The number of anilines is 1. The molecule has 2 heterocycles. The van der Waals surface area contributed by atoms with Gasteiger partial charge in [-0.25, -0.2) is 9.78 Å². The Labute approximate surface area is 138 Å². The molecule has 1 aromatic carbocycles. The number of urea groups is 1. The zero-order chi connectivity index (χ0) is 16.9. The van der Waals surface area contributed by atoms with Crippen LogP contribution in [0.15, 0.2) is 47.0 Å². The molecule has 1 atom stereocenters. The first-order chi connectivity index (χ1) is 11.7. The van der Waals surface area contributed by atoms with Crippen LogP contribution in [0.2, 0.25) is 0 Å². The molecular formula is C17H18N4O3. The van der Waals surface area contributed by atoms with Gasteiger partial charge < -0.3 is 20.2 Å². The molecule has 0 unspecified atom stereocenters. The van der Waals surface area contributed by atoms with Gasteiger partial charge in [-0.15, -0.1) is 0 Å². The third kappa shape index (κ3) is 3.69. The molecule has 3 rings (SSSR count). The molecule has 7 nitrogen and oxygen atoms in total. The molecule has 3 aromatic rings. The second-order valence-corrected chi connectivity index (χ2v) is 5.43. The summed E-state index contributed by atoms with van der Waals surface area (Å²) in [5.41, 5.74) is 2.51. The highest BCUT2D eigenvalue weighted by atomic mass is 16.3. The minimum absolute atomic E-state index is 0.0295. The average molecular weight is 326 g/mol. The van der Waals surface area contributed by atoms with Crippen LogP contribution in [0.5, 0.6) is 0 Å². The SMILES string of the molecule is C[C@H](CCO)NC(=O)Nc1ccc2nc(-c3ccccn3)oc2c1. The number of aromatic nitrogens is 2. The number of fused-ring (bicyclic) bond motifs is 1. The highest BCUT2D eigenvalue weighted by Gasteiger charge is 2.11. The Morgan fingerprint density at radius 3 is 2.96 bits per heavy atom. The van der Waals surface area contributed by atoms with E-state index in [-0.39, 0.29) is 18.7 Å². The lowest BCUT2D eigenvalue weighted by molar-refractivity contribution is 0.241. The minimum Gasteiger partial charge on any atom is -0.435 e. The molecule has 0 spiro atoms. The number of carbonyl (C=O) groups excluding carboxylic acids is 1. The van der Waals surface area contributed by atoms with E-state index in [1.54, 1.807) is 24.4 Å². The number of aliphatic hydroxyl groups excluding tert-OH is 1. The molecule has 0 fully saturated rings. The van der Waals surface area contributed by atoms with Crippen LogP contribution in [0.3, 0.4) is 0 Å². The van der Waals surface area contributed by atoms with Crippen LogP contribution in [0.25, 0.3) is 22.7 Å². The maximum Gasteiger partial charge on any atom is 0.319 e. The number of rotatable bonds is 5. The number of carbonyl (C=O) groups is 1. The third-order valence-electron chi connectivity index (χ3n) is 3.47. The Morgan fingerprint density at radius 1 is 1.33 bits per heavy atom. The second kappa shape index (κ2) is 7.10. The Hall–Kier alpha value is -2.93. The molecule has 0 aliphatic heterocycles. The van der Waals surface area contributed by atoms with Crippen molar-refractivity contribution in [3.8, 4) is 11.6 Å². The van der Waals surface area contributed by atoms with E-state index in [1.807, 2.05) is 25.1 Å². The second-order valence-electron chi connectivity index (χ2n) is 5.43. The summed E-state index contributed by atoms with van der Waals surface area (Å²) in [7, 11) is 0. The molecule has 7 heteroatoms. The molecule has 0 saturated heterocycles. The van der Waals surface area contributed by atoms with E-state index in [0.29, 0.717) is 34.8 Å². The van der Waals surface area contributed by atoms with Gasteiger partial charge in [0.15, 0.2) is 5.58 Å². The molecule has 0 aliphatic carbocycles. The standard InChI is InChI=1S/C17H18N4O3/c1-11(7-9-22)19-17(23)20-12-5-6-13-15(10-12)24-16(21-13)14-4-2-3-8-18-14/h2-6,8,10-11,22H,7,9H2,1H3,(H2,19,20,23)/t11-/m1/s1. The van der Waals surface area contributed by atoms with Gasteiger partial charge in [0.1, 0.15) is 11.2 Å². The molecule has 0 radical (unpaired) electrons. The molecule has 2 aromatic heterocycles. The Morgan fingerprint density at radius 2 is 2.21 bits per heavy atom. The Balaban J connectivity index is 1.75. The van der Waals surface area contributed by atoms with E-state index in [9.17, 15) is 4.79 Å². The largest absolute Gasteiger partial charge is 0.435 e. The molecule has 3 N–H and O–H groups in total. The minimum atomic E-state index is -0.334. The number of nitrogens with zero attached hydrogens (tertiary/aromatic N) is 2. The Bertz CT molecular complexity index is 832. The van der Waals surface area contributed by atoms with Crippen molar-refractivity contribution in [2.45, 2.75) is 19.4 Å². The molecule has 124 valence electrons. The molecule has 24 heavy (non-hydrogen) atoms. The summed E-state index contributed by atoms with van der Waals surface area (Å²) in [4.78, 5) is 20.5. The first-order valence-corrected chi connectivity index (χ1v) is 7.66. The van der Waals surface area contributed by atoms with Crippen LogP contribution in [0.4, 0.5) is 10.5 Å². The summed E-state index contributed by atoms with van der Waals surface area (Å²) in [5.74, 6) is 0.434. The molecule has 0 saturated carbocycles. The van der Waals surface area contributed by atoms with Crippen molar-refractivity contribution in [1.29, 1.82) is 0 Å². The van der Waals surface area contributed by atoms with Crippen LogP contribution in [-0.2, 0) is 0 Å². The molecule has 0 bridgehead atoms. The van der Waals surface area contributed by atoms with Crippen molar-refractivity contribution in [2.75, 3.05) is 11.9 Å². The van der Waals surface area contributed by atoms with Gasteiger partial charge in [-0.2, -0.15) is 0 Å². The number of hydrogen-bond donors (Lipinski definition) is 3. The number of oxazole rings is 1. The maximum atomic E-state index is 11.9. The van der Waals surface area contributed by atoms with Gasteiger partial charge in [0.25, 0.3) is 0 Å². The van der Waals surface area contributed by atoms with Gasteiger partial charge in [0.2, 0.25) is 5.89 Å². The van der Waals surface area contributed by atoms with Crippen LogP contribution in [-0.4, -0.2) is 33.8 Å². The van der Waals surface area contributed by atoms with Gasteiger partial charge in [0.05, 0.1) is 0 Å². The Kier molecular flexibility index (Phi) is 4.72. The first-order valence-electron chi connectivity index (χ1n) is 7.66. The summed E-state index contributed by atoms with van der Waals surface area (Å²) >= 11 is 0. The van der Waals surface area contributed by atoms with Crippen molar-refractivity contribution in [1.82, 2.24) is 15.3 Å². The fourth-order valence-electron chi connectivity index (χ4n) is 2.26. The fourth-order valence-corrected chi connectivity index (χ4v) is 2.26. The summed E-state index contributed by atoms with van der Waals surface area (Å²) < 4.78 is 5.72. The number of nitrogens with one attached hydrogen (secondary N) is 2. The quantitative estimate of drug-likeness (QED) is 0.669.